The number of hydrogen-bond acceptors (Lipinski definition) is 16. The molecule has 0 saturated carbocycles. The number of halogens is 1. The molecule has 2 fully saturated rings. The summed E-state index contributed by atoms with van der Waals surface area (Å²) in [5.41, 5.74) is 2.07. The van der Waals surface area contributed by atoms with E-state index in [4.69, 9.17) is 50.4 Å². The maximum absolute atomic E-state index is 16.6. The molecule has 0 bridgehead atoms. The lowest BCUT2D eigenvalue weighted by molar-refractivity contribution is -0.0559. The number of rotatable bonds is 17. The van der Waals surface area contributed by atoms with Gasteiger partial charge >= 0.3 is 15.0 Å². The van der Waals surface area contributed by atoms with Crippen molar-refractivity contribution >= 4 is 69.0 Å². The molecular weight excluding hydrogens is 900 g/mol. The van der Waals surface area contributed by atoms with Crippen molar-refractivity contribution in [3.05, 3.63) is 84.3 Å². The van der Waals surface area contributed by atoms with Crippen LogP contribution in [0.3, 0.4) is 0 Å². The molecule has 2 aliphatic heterocycles. The molecule has 63 heavy (non-hydrogen) atoms. The zero-order valence-electron chi connectivity index (χ0n) is 35.0. The topological polar surface area (TPSA) is 230 Å². The first-order chi connectivity index (χ1) is 29.9. The molecule has 1 amide bonds. The average molecular weight is 947 g/mol. The second kappa shape index (κ2) is 19.2. The molecule has 6 heterocycles. The molecule has 0 aliphatic carbocycles. The van der Waals surface area contributed by atoms with Gasteiger partial charge in [0.05, 0.1) is 30.6 Å². The quantitative estimate of drug-likeness (QED) is 0.0424. The summed E-state index contributed by atoms with van der Waals surface area (Å²) in [6, 6.07) is 10.1. The van der Waals surface area contributed by atoms with Crippen LogP contribution in [0.4, 0.5) is 10.2 Å². The van der Waals surface area contributed by atoms with Crippen LogP contribution in [0.5, 0.6) is 0 Å². The molecule has 10 atom stereocenters. The first kappa shape index (κ1) is 46.9. The number of anilines is 1. The number of aliphatic hydroxyl groups excluding tert-OH is 1. The van der Waals surface area contributed by atoms with Crippen molar-refractivity contribution in [3.63, 3.8) is 0 Å². The van der Waals surface area contributed by atoms with Crippen molar-refractivity contribution in [2.45, 2.75) is 95.0 Å². The Bertz CT molecular complexity index is 2550. The Labute approximate surface area is 368 Å². The van der Waals surface area contributed by atoms with E-state index in [0.717, 1.165) is 0 Å². The standard InChI is InChI=1S/C38H46FN9O11P2SSi/c1-22-28-34(44-19-41-22)48(21-45-28)37-31(30(25(17-49)55-37)59-63(6,7)38(2,3)4)58-61(62,53-16-14-40-5)54-18-26-29(57-60(51)52)27(39)36(56-26)47-15-13-24-32(42-20-43-33(24)47)46-35(50)23-11-9-8-10-12-23/h8-13,15,19-21,25-27,29-31,36-37,49H,14,16-18H2,1-4,6-7H3,(H-,42,43,46,50,51,52)/p+1/t25-,26-,27-,29-,30-,31-,36-,37-,61?/m1/s1. The molecule has 7 rings (SSSR count). The number of nitrogens with one attached hydrogen (secondary N) is 1. The number of amides is 1. The predicted octanol–water partition coefficient (Wildman–Crippen LogP) is 5.94. The third-order valence-corrected chi connectivity index (χ3v) is 18.4. The number of aromatic nitrogens is 7. The van der Waals surface area contributed by atoms with Crippen LogP contribution < -0.4 is 5.32 Å². The SMILES string of the molecule is [C-]#[N+]CCOP(=S)(OC[C@H]1O[C@@H](n2ccc3c(NC(=O)c4ccccc4)ncnc32)[C@H](F)[C@@H]1O[P+](=O)O)O[C@@H]1[C@H](O[Si](C)(C)C(C)(C)C)[C@@H](CO)O[C@H]1n1cnc2c(C)ncnc21. The highest BCUT2D eigenvalue weighted by Crippen LogP contribution is 2.56. The molecule has 25 heteroatoms. The van der Waals surface area contributed by atoms with Gasteiger partial charge in [0.1, 0.15) is 60.7 Å². The maximum atomic E-state index is 16.6. The lowest BCUT2D eigenvalue weighted by Gasteiger charge is -2.41. The zero-order valence-corrected chi connectivity index (χ0v) is 38.7. The van der Waals surface area contributed by atoms with Crippen LogP contribution in [0.2, 0.25) is 18.1 Å². The number of imidazole rings is 1. The fourth-order valence-corrected chi connectivity index (χ4v) is 10.8. The Morgan fingerprint density at radius 1 is 1.02 bits per heavy atom. The van der Waals surface area contributed by atoms with Gasteiger partial charge in [0, 0.05) is 16.3 Å². The van der Waals surface area contributed by atoms with Crippen molar-refractivity contribution in [2.75, 3.05) is 31.7 Å². The van der Waals surface area contributed by atoms with Gasteiger partial charge in [-0.25, -0.2) is 35.9 Å². The zero-order chi connectivity index (χ0) is 45.3. The molecule has 1 aromatic carbocycles. The third-order valence-electron chi connectivity index (χ3n) is 11.1. The number of aliphatic hydroxyl groups is 1. The van der Waals surface area contributed by atoms with E-state index in [-0.39, 0.29) is 29.7 Å². The van der Waals surface area contributed by atoms with Crippen LogP contribution in [0, 0.1) is 13.5 Å². The molecule has 0 spiro atoms. The largest absolute Gasteiger partial charge is 0.695 e. The van der Waals surface area contributed by atoms with E-state index in [2.05, 4.69) is 55.9 Å². The van der Waals surface area contributed by atoms with Gasteiger partial charge < -0.3 is 42.8 Å². The highest BCUT2D eigenvalue weighted by Gasteiger charge is 2.55. The van der Waals surface area contributed by atoms with Gasteiger partial charge in [0.15, 0.2) is 38.7 Å². The normalized spacial score (nSPS) is 25.3. The van der Waals surface area contributed by atoms with E-state index in [1.54, 1.807) is 47.9 Å². The van der Waals surface area contributed by atoms with Crippen molar-refractivity contribution in [2.24, 2.45) is 0 Å². The Morgan fingerprint density at radius 3 is 2.43 bits per heavy atom. The van der Waals surface area contributed by atoms with Crippen LogP contribution >= 0.6 is 15.0 Å². The van der Waals surface area contributed by atoms with Gasteiger partial charge in [-0.05, 0) is 55.1 Å². The van der Waals surface area contributed by atoms with E-state index >= 15 is 4.39 Å². The van der Waals surface area contributed by atoms with Gasteiger partial charge in [-0.15, -0.1) is 9.42 Å². The average Bonchev–Trinajstić information content (AvgIpc) is 4.02. The first-order valence-electron chi connectivity index (χ1n) is 19.7. The smallest absolute Gasteiger partial charge is 0.408 e. The second-order valence-electron chi connectivity index (χ2n) is 16.2. The van der Waals surface area contributed by atoms with Crippen molar-refractivity contribution < 1.29 is 55.7 Å². The van der Waals surface area contributed by atoms with Crippen molar-refractivity contribution in [1.29, 1.82) is 0 Å². The fourth-order valence-electron chi connectivity index (χ4n) is 6.94. The third kappa shape index (κ3) is 9.94. The number of nitrogens with zero attached hydrogens (tertiary/aromatic N) is 8. The number of carbonyl (C=O) groups is 1. The Hall–Kier alpha value is -4.11. The summed E-state index contributed by atoms with van der Waals surface area (Å²) in [6.07, 6.45) is -5.15. The minimum absolute atomic E-state index is 0.122. The highest BCUT2D eigenvalue weighted by atomic mass is 32.5. The van der Waals surface area contributed by atoms with Gasteiger partial charge in [-0.1, -0.05) is 39.0 Å². The van der Waals surface area contributed by atoms with Crippen LogP contribution in [0.1, 0.15) is 49.3 Å². The molecule has 2 saturated heterocycles. The van der Waals surface area contributed by atoms with Gasteiger partial charge in [0.25, 0.3) is 5.91 Å². The number of hydrogen-bond donors (Lipinski definition) is 3. The minimum atomic E-state index is -4.05. The number of carbonyl (C=O) groups excluding carboxylic acids is 1. The van der Waals surface area contributed by atoms with E-state index in [1.165, 1.54) is 29.7 Å². The molecule has 336 valence electrons. The molecule has 2 unspecified atom stereocenters. The van der Waals surface area contributed by atoms with Gasteiger partial charge in [-0.3, -0.25) is 13.9 Å². The fraction of sp³-hybridized carbons (Fsp3) is 0.500. The molecule has 2 aliphatic rings. The van der Waals surface area contributed by atoms with E-state index in [1.807, 2.05) is 13.1 Å². The molecular formula is C38H47FN9O11P2SSi+. The summed E-state index contributed by atoms with van der Waals surface area (Å²) in [6.45, 7) is 13.9. The van der Waals surface area contributed by atoms with E-state index in [9.17, 15) is 19.4 Å². The van der Waals surface area contributed by atoms with Crippen molar-refractivity contribution in [3.8, 4) is 0 Å². The Kier molecular flexibility index (Phi) is 14.3. The number of ether oxygens (including phenoxy) is 2. The highest BCUT2D eigenvalue weighted by molar-refractivity contribution is 8.07. The Balaban J connectivity index is 1.19. The molecule has 20 nitrogen and oxygen atoms in total. The Morgan fingerprint density at radius 2 is 1.73 bits per heavy atom. The molecule has 3 N–H and O–H groups in total. The lowest BCUT2D eigenvalue weighted by atomic mass is 10.1. The monoisotopic (exact) mass is 946 g/mol. The summed E-state index contributed by atoms with van der Waals surface area (Å²) >= 11 is 6.02. The summed E-state index contributed by atoms with van der Waals surface area (Å²) in [4.78, 5) is 47.9. The second-order valence-corrected chi connectivity index (χ2v) is 24.6. The summed E-state index contributed by atoms with van der Waals surface area (Å²) < 4.78 is 75.4. The number of aryl methyl sites for hydroxylation is 1. The molecule has 4 aromatic heterocycles. The van der Waals surface area contributed by atoms with Crippen LogP contribution in [0.25, 0.3) is 27.0 Å². The molecule has 5 aromatic rings. The summed E-state index contributed by atoms with van der Waals surface area (Å²) in [5, 5.41) is 13.5. The lowest BCUT2D eigenvalue weighted by Crippen LogP contribution is -2.50. The minimum Gasteiger partial charge on any atom is -0.408 e. The summed E-state index contributed by atoms with van der Waals surface area (Å²) in [7, 11) is -5.98. The molecule has 0 radical (unpaired) electrons. The number of alkyl halides is 1. The first-order valence-corrected chi connectivity index (χ1v) is 26.3. The van der Waals surface area contributed by atoms with Crippen LogP contribution in [-0.4, -0.2) is 121 Å². The number of fused-ring (bicyclic) bond motifs is 2. The maximum Gasteiger partial charge on any atom is 0.695 e. The van der Waals surface area contributed by atoms with Gasteiger partial charge in [-0.2, -0.15) is 0 Å². The predicted molar refractivity (Wildman–Crippen MR) is 231 cm³/mol. The van der Waals surface area contributed by atoms with Crippen molar-refractivity contribution in [1.82, 2.24) is 34.1 Å². The van der Waals surface area contributed by atoms with E-state index in [0.29, 0.717) is 27.8 Å². The van der Waals surface area contributed by atoms with Crippen LogP contribution in [-0.2, 0) is 48.4 Å². The van der Waals surface area contributed by atoms with Crippen LogP contribution in [0.15, 0.2) is 61.6 Å². The summed E-state index contributed by atoms with van der Waals surface area (Å²) in [5.74, 6) is -0.276. The van der Waals surface area contributed by atoms with E-state index < -0.39 is 91.6 Å². The van der Waals surface area contributed by atoms with Gasteiger partial charge in [0.2, 0.25) is 6.54 Å². The number of benzene rings is 1.